The standard InChI is InChI=1S/C22H25Cl2NO4/c1-13(2)21(26)22(27)25-8-7-14-11-29-20-10-17(5-6-18(14)20)28-12-15-3-4-16(23)9-19(15)24/h3-6,9-10,13-14,21,26H,7-8,11-12H2,1-2H3,(H,25,27)/t14-,21-/m1/s1. The number of carbonyl (C=O) groups is 1. The Morgan fingerprint density at radius 1 is 1.28 bits per heavy atom. The number of hydrogen-bond donors (Lipinski definition) is 2. The molecule has 1 aliphatic heterocycles. The molecule has 29 heavy (non-hydrogen) atoms. The van der Waals surface area contributed by atoms with E-state index < -0.39 is 6.10 Å². The van der Waals surface area contributed by atoms with Gasteiger partial charge < -0.3 is 19.9 Å². The van der Waals surface area contributed by atoms with Crippen LogP contribution in [0.2, 0.25) is 10.0 Å². The summed E-state index contributed by atoms with van der Waals surface area (Å²) in [5.41, 5.74) is 1.95. The summed E-state index contributed by atoms with van der Waals surface area (Å²) in [7, 11) is 0. The van der Waals surface area contributed by atoms with Gasteiger partial charge in [0.2, 0.25) is 5.91 Å². The van der Waals surface area contributed by atoms with Crippen LogP contribution in [-0.4, -0.2) is 30.3 Å². The lowest BCUT2D eigenvalue weighted by molar-refractivity contribution is -0.131. The number of carbonyl (C=O) groups excluding carboxylic acids is 1. The Balaban J connectivity index is 1.53. The molecule has 2 aromatic rings. The second-order valence-corrected chi connectivity index (χ2v) is 8.34. The van der Waals surface area contributed by atoms with Gasteiger partial charge in [0.05, 0.1) is 6.61 Å². The highest BCUT2D eigenvalue weighted by Crippen LogP contribution is 2.38. The predicted octanol–water partition coefficient (Wildman–Crippen LogP) is 4.57. The Labute approximate surface area is 180 Å². The maximum absolute atomic E-state index is 11.9. The van der Waals surface area contributed by atoms with E-state index in [9.17, 15) is 9.90 Å². The molecule has 1 amide bonds. The Morgan fingerprint density at radius 2 is 2.07 bits per heavy atom. The smallest absolute Gasteiger partial charge is 0.249 e. The van der Waals surface area contributed by atoms with Gasteiger partial charge in [0.1, 0.15) is 24.2 Å². The van der Waals surface area contributed by atoms with E-state index in [2.05, 4.69) is 5.32 Å². The minimum atomic E-state index is -0.976. The molecule has 7 heteroatoms. The molecule has 2 N–H and O–H groups in total. The molecule has 0 bridgehead atoms. The van der Waals surface area contributed by atoms with Crippen molar-refractivity contribution in [3.05, 3.63) is 57.6 Å². The molecule has 0 saturated heterocycles. The van der Waals surface area contributed by atoms with Gasteiger partial charge in [-0.2, -0.15) is 0 Å². The number of amides is 1. The zero-order valence-corrected chi connectivity index (χ0v) is 18.0. The van der Waals surface area contributed by atoms with Crippen LogP contribution in [0.4, 0.5) is 0 Å². The Bertz CT molecular complexity index is 872. The summed E-state index contributed by atoms with van der Waals surface area (Å²) >= 11 is 12.1. The molecule has 1 heterocycles. The summed E-state index contributed by atoms with van der Waals surface area (Å²) in [6.07, 6.45) is -0.236. The summed E-state index contributed by atoms with van der Waals surface area (Å²) in [4.78, 5) is 11.9. The first-order valence-electron chi connectivity index (χ1n) is 9.64. The molecule has 3 rings (SSSR count). The van der Waals surface area contributed by atoms with E-state index in [4.69, 9.17) is 32.7 Å². The topological polar surface area (TPSA) is 67.8 Å². The lowest BCUT2D eigenvalue weighted by Crippen LogP contribution is -2.38. The van der Waals surface area contributed by atoms with Gasteiger partial charge in [-0.1, -0.05) is 49.2 Å². The molecule has 0 unspecified atom stereocenters. The Hall–Kier alpha value is -1.95. The van der Waals surface area contributed by atoms with Crippen LogP contribution in [0.25, 0.3) is 0 Å². The van der Waals surface area contributed by atoms with Gasteiger partial charge in [0, 0.05) is 39.7 Å². The molecule has 0 spiro atoms. The SMILES string of the molecule is CC(C)[C@@H](O)C(=O)NCC[C@@H]1COc2cc(OCc3ccc(Cl)cc3Cl)ccc21. The average Bonchev–Trinajstić information content (AvgIpc) is 3.08. The highest BCUT2D eigenvalue weighted by Gasteiger charge is 2.25. The van der Waals surface area contributed by atoms with Gasteiger partial charge in [-0.15, -0.1) is 0 Å². The summed E-state index contributed by atoms with van der Waals surface area (Å²) < 4.78 is 11.6. The van der Waals surface area contributed by atoms with Crippen molar-refractivity contribution < 1.29 is 19.4 Å². The van der Waals surface area contributed by atoms with Crippen LogP contribution in [0.3, 0.4) is 0 Å². The van der Waals surface area contributed by atoms with E-state index in [1.165, 1.54) is 0 Å². The molecule has 2 atom stereocenters. The number of aliphatic hydroxyl groups excluding tert-OH is 1. The van der Waals surface area contributed by atoms with Crippen molar-refractivity contribution >= 4 is 29.1 Å². The van der Waals surface area contributed by atoms with Crippen molar-refractivity contribution in [2.75, 3.05) is 13.2 Å². The molecule has 156 valence electrons. The summed E-state index contributed by atoms with van der Waals surface area (Å²) in [6.45, 7) is 5.01. The van der Waals surface area contributed by atoms with Gasteiger partial charge in [-0.3, -0.25) is 4.79 Å². The first-order valence-corrected chi connectivity index (χ1v) is 10.4. The number of fused-ring (bicyclic) bond motifs is 1. The molecular weight excluding hydrogens is 413 g/mol. The minimum absolute atomic E-state index is 0.105. The van der Waals surface area contributed by atoms with E-state index >= 15 is 0 Å². The minimum Gasteiger partial charge on any atom is -0.493 e. The second kappa shape index (κ2) is 9.70. The fourth-order valence-corrected chi connectivity index (χ4v) is 3.63. The number of nitrogens with one attached hydrogen (secondary N) is 1. The molecule has 0 aliphatic carbocycles. The zero-order chi connectivity index (χ0) is 21.0. The number of aliphatic hydroxyl groups is 1. The third-order valence-electron chi connectivity index (χ3n) is 4.97. The third kappa shape index (κ3) is 5.56. The van der Waals surface area contributed by atoms with Gasteiger partial charge in [0.25, 0.3) is 0 Å². The van der Waals surface area contributed by atoms with Crippen LogP contribution >= 0.6 is 23.2 Å². The van der Waals surface area contributed by atoms with Gasteiger partial charge in [-0.05, 0) is 30.5 Å². The third-order valence-corrected chi connectivity index (χ3v) is 5.55. The van der Waals surface area contributed by atoms with Crippen LogP contribution in [0, 0.1) is 5.92 Å². The highest BCUT2D eigenvalue weighted by molar-refractivity contribution is 6.35. The number of ether oxygens (including phenoxy) is 2. The molecule has 0 fully saturated rings. The summed E-state index contributed by atoms with van der Waals surface area (Å²) in [5, 5.41) is 13.7. The molecule has 0 aromatic heterocycles. The highest BCUT2D eigenvalue weighted by atomic mass is 35.5. The van der Waals surface area contributed by atoms with E-state index in [1.807, 2.05) is 38.1 Å². The van der Waals surface area contributed by atoms with Crippen molar-refractivity contribution in [3.8, 4) is 11.5 Å². The van der Waals surface area contributed by atoms with Crippen LogP contribution in [0.5, 0.6) is 11.5 Å². The monoisotopic (exact) mass is 437 g/mol. The largest absolute Gasteiger partial charge is 0.493 e. The van der Waals surface area contributed by atoms with Crippen molar-refractivity contribution in [3.63, 3.8) is 0 Å². The number of rotatable bonds is 8. The predicted molar refractivity (Wildman–Crippen MR) is 114 cm³/mol. The summed E-state index contributed by atoms with van der Waals surface area (Å²) in [5.74, 6) is 1.25. The van der Waals surface area contributed by atoms with Crippen LogP contribution < -0.4 is 14.8 Å². The lowest BCUT2D eigenvalue weighted by Gasteiger charge is -2.15. The average molecular weight is 438 g/mol. The number of benzene rings is 2. The molecule has 2 aromatic carbocycles. The first kappa shape index (κ1) is 21.8. The van der Waals surface area contributed by atoms with E-state index in [0.717, 1.165) is 23.3 Å². The molecular formula is C22H25Cl2NO4. The van der Waals surface area contributed by atoms with E-state index in [1.54, 1.807) is 12.1 Å². The molecule has 0 radical (unpaired) electrons. The maximum Gasteiger partial charge on any atom is 0.249 e. The zero-order valence-electron chi connectivity index (χ0n) is 16.5. The van der Waals surface area contributed by atoms with Crippen LogP contribution in [0.1, 0.15) is 37.3 Å². The van der Waals surface area contributed by atoms with E-state index in [-0.39, 0.29) is 17.7 Å². The quantitative estimate of drug-likeness (QED) is 0.634. The normalized spacial score (nSPS) is 16.3. The van der Waals surface area contributed by atoms with Gasteiger partial charge >= 0.3 is 0 Å². The number of hydrogen-bond acceptors (Lipinski definition) is 4. The van der Waals surface area contributed by atoms with Crippen LogP contribution in [0.15, 0.2) is 36.4 Å². The Morgan fingerprint density at radius 3 is 2.79 bits per heavy atom. The van der Waals surface area contributed by atoms with Gasteiger partial charge in [-0.25, -0.2) is 0 Å². The molecule has 1 aliphatic rings. The van der Waals surface area contributed by atoms with Crippen molar-refractivity contribution in [2.45, 2.75) is 38.9 Å². The molecule has 0 saturated carbocycles. The van der Waals surface area contributed by atoms with Gasteiger partial charge in [0.15, 0.2) is 0 Å². The van der Waals surface area contributed by atoms with Crippen molar-refractivity contribution in [1.82, 2.24) is 5.32 Å². The Kier molecular flexibility index (Phi) is 7.28. The maximum atomic E-state index is 11.9. The summed E-state index contributed by atoms with van der Waals surface area (Å²) in [6, 6.07) is 11.1. The van der Waals surface area contributed by atoms with Crippen LogP contribution in [-0.2, 0) is 11.4 Å². The lowest BCUT2D eigenvalue weighted by atomic mass is 9.97. The number of halogens is 2. The van der Waals surface area contributed by atoms with Crippen molar-refractivity contribution in [2.24, 2.45) is 5.92 Å². The van der Waals surface area contributed by atoms with E-state index in [0.29, 0.717) is 35.6 Å². The first-order chi connectivity index (χ1) is 13.8. The van der Waals surface area contributed by atoms with Crippen molar-refractivity contribution in [1.29, 1.82) is 0 Å². The second-order valence-electron chi connectivity index (χ2n) is 7.50. The molecule has 5 nitrogen and oxygen atoms in total. The fraction of sp³-hybridized carbons (Fsp3) is 0.409. The fourth-order valence-electron chi connectivity index (χ4n) is 3.16.